The van der Waals surface area contributed by atoms with E-state index in [2.05, 4.69) is 0 Å². The summed E-state index contributed by atoms with van der Waals surface area (Å²) in [7, 11) is 1.54. The number of aliphatic hydroxyl groups is 1. The molecular weight excluding hydrogens is 314 g/mol. The highest BCUT2D eigenvalue weighted by molar-refractivity contribution is 5.88. The van der Waals surface area contributed by atoms with Crippen LogP contribution in [0.5, 0.6) is 11.5 Å². The van der Waals surface area contributed by atoms with E-state index in [0.29, 0.717) is 17.1 Å². The predicted molar refractivity (Wildman–Crippen MR) is 86.9 cm³/mol. The lowest BCUT2D eigenvalue weighted by Gasteiger charge is -2.15. The first-order valence-electron chi connectivity index (χ1n) is 7.30. The second-order valence-electron chi connectivity index (χ2n) is 5.28. The lowest BCUT2D eigenvalue weighted by atomic mass is 10.1. The Morgan fingerprint density at radius 2 is 2.00 bits per heavy atom. The van der Waals surface area contributed by atoms with Gasteiger partial charge in [-0.1, -0.05) is 6.07 Å². The van der Waals surface area contributed by atoms with Gasteiger partial charge in [-0.25, -0.2) is 4.79 Å². The van der Waals surface area contributed by atoms with Crippen LogP contribution < -0.4 is 15.0 Å². The molecule has 0 radical (unpaired) electrons. The van der Waals surface area contributed by atoms with Crippen LogP contribution in [-0.2, 0) is 6.54 Å². The summed E-state index contributed by atoms with van der Waals surface area (Å²) in [5.41, 5.74) is -0.563. The van der Waals surface area contributed by atoms with Crippen LogP contribution in [0.2, 0.25) is 0 Å². The largest absolute Gasteiger partial charge is 0.497 e. The highest BCUT2D eigenvalue weighted by atomic mass is 16.5. The lowest BCUT2D eigenvalue weighted by Crippen LogP contribution is -2.33. The molecule has 1 atom stereocenters. The molecule has 1 heterocycles. The monoisotopic (exact) mass is 333 g/mol. The number of methoxy groups -OCH3 is 1. The van der Waals surface area contributed by atoms with Gasteiger partial charge in [0, 0.05) is 12.3 Å². The van der Waals surface area contributed by atoms with Crippen molar-refractivity contribution in [3.8, 4) is 11.5 Å². The predicted octanol–water partition coefficient (Wildman–Crippen LogP) is 1.30. The second-order valence-corrected chi connectivity index (χ2v) is 5.28. The zero-order valence-corrected chi connectivity index (χ0v) is 13.4. The number of nitrogens with zero attached hydrogens (tertiary/aromatic N) is 1. The van der Waals surface area contributed by atoms with Crippen molar-refractivity contribution in [1.29, 1.82) is 0 Å². The number of aliphatic hydroxyl groups excluding tert-OH is 1. The molecule has 2 N–H and O–H groups in total. The maximum Gasteiger partial charge on any atom is 0.341 e. The maximum atomic E-state index is 12.1. The van der Waals surface area contributed by atoms with E-state index >= 15 is 0 Å². The third-order valence-corrected chi connectivity index (χ3v) is 3.48. The number of hydrogen-bond acceptors (Lipinski definition) is 5. The Morgan fingerprint density at radius 3 is 2.67 bits per heavy atom. The fraction of sp³-hybridized carbons (Fsp3) is 0.294. The number of pyridine rings is 1. The summed E-state index contributed by atoms with van der Waals surface area (Å²) in [6.45, 7) is 1.44. The Hall–Kier alpha value is -2.80. The van der Waals surface area contributed by atoms with Gasteiger partial charge in [0.1, 0.15) is 29.8 Å². The summed E-state index contributed by atoms with van der Waals surface area (Å²) < 4.78 is 11.7. The molecule has 0 aliphatic carbocycles. The average Bonchev–Trinajstić information content (AvgIpc) is 2.55. The number of aromatic nitrogens is 1. The van der Waals surface area contributed by atoms with Crippen molar-refractivity contribution in [2.24, 2.45) is 0 Å². The summed E-state index contributed by atoms with van der Waals surface area (Å²) in [6.07, 6.45) is 0.483. The Balaban J connectivity index is 2.05. The zero-order chi connectivity index (χ0) is 17.7. The van der Waals surface area contributed by atoms with Crippen LogP contribution in [0.1, 0.15) is 15.9 Å². The summed E-state index contributed by atoms with van der Waals surface area (Å²) in [6, 6.07) is 8.44. The Kier molecular flexibility index (Phi) is 5.59. The van der Waals surface area contributed by atoms with Crippen LogP contribution in [0.25, 0.3) is 0 Å². The normalized spacial score (nSPS) is 11.8. The van der Waals surface area contributed by atoms with Crippen LogP contribution in [-0.4, -0.2) is 40.6 Å². The fourth-order valence-corrected chi connectivity index (χ4v) is 2.23. The zero-order valence-electron chi connectivity index (χ0n) is 13.4. The van der Waals surface area contributed by atoms with Crippen molar-refractivity contribution in [3.63, 3.8) is 0 Å². The van der Waals surface area contributed by atoms with Crippen LogP contribution in [0.4, 0.5) is 0 Å². The molecule has 1 unspecified atom stereocenters. The quantitative estimate of drug-likeness (QED) is 0.793. The number of aryl methyl sites for hydroxylation is 1. The van der Waals surface area contributed by atoms with E-state index < -0.39 is 17.6 Å². The maximum absolute atomic E-state index is 12.1. The summed E-state index contributed by atoms with van der Waals surface area (Å²) in [5.74, 6) is -0.132. The van der Waals surface area contributed by atoms with E-state index in [1.165, 1.54) is 19.4 Å². The van der Waals surface area contributed by atoms with Crippen molar-refractivity contribution >= 4 is 5.97 Å². The number of carbonyl (C=O) groups is 1. The molecule has 2 aromatic rings. The molecule has 0 aliphatic rings. The van der Waals surface area contributed by atoms with E-state index in [4.69, 9.17) is 14.6 Å². The van der Waals surface area contributed by atoms with Gasteiger partial charge in [-0.3, -0.25) is 4.79 Å². The molecule has 2 rings (SSSR count). The summed E-state index contributed by atoms with van der Waals surface area (Å²) >= 11 is 0. The second kappa shape index (κ2) is 7.65. The number of carboxylic acid groups (broad SMARTS) is 1. The molecule has 0 amide bonds. The number of rotatable bonds is 7. The molecule has 7 nitrogen and oxygen atoms in total. The Labute approximate surface area is 138 Å². The van der Waals surface area contributed by atoms with Crippen molar-refractivity contribution in [2.45, 2.75) is 19.6 Å². The molecule has 7 heteroatoms. The molecule has 0 fully saturated rings. The summed E-state index contributed by atoms with van der Waals surface area (Å²) in [5, 5.41) is 19.1. The first-order valence-corrected chi connectivity index (χ1v) is 7.30. The van der Waals surface area contributed by atoms with Gasteiger partial charge in [0.25, 0.3) is 5.56 Å². The third kappa shape index (κ3) is 4.14. The van der Waals surface area contributed by atoms with Crippen LogP contribution in [0.15, 0.2) is 41.3 Å². The van der Waals surface area contributed by atoms with Crippen molar-refractivity contribution in [1.82, 2.24) is 4.57 Å². The van der Waals surface area contributed by atoms with Crippen LogP contribution in [0, 0.1) is 6.92 Å². The molecule has 0 spiro atoms. The van der Waals surface area contributed by atoms with Gasteiger partial charge in [-0.05, 0) is 30.7 Å². The molecule has 0 saturated carbocycles. The molecule has 0 saturated heterocycles. The van der Waals surface area contributed by atoms with Crippen molar-refractivity contribution in [3.05, 3.63) is 58.0 Å². The van der Waals surface area contributed by atoms with Gasteiger partial charge in [-0.15, -0.1) is 0 Å². The number of benzene rings is 1. The average molecular weight is 333 g/mol. The molecule has 24 heavy (non-hydrogen) atoms. The number of ether oxygens (including phenoxy) is 2. The molecule has 128 valence electrons. The summed E-state index contributed by atoms with van der Waals surface area (Å²) in [4.78, 5) is 23.3. The standard InChI is InChI=1S/C17H19NO6/c1-11-6-7-18(16(20)15(11)17(21)22)9-12(19)10-24-14-5-3-4-13(8-14)23-2/h3-8,12,19H,9-10H2,1-2H3,(H,21,22). The van der Waals surface area contributed by atoms with Crippen LogP contribution >= 0.6 is 0 Å². The minimum Gasteiger partial charge on any atom is -0.497 e. The molecule has 0 bridgehead atoms. The van der Waals surface area contributed by atoms with Gasteiger partial charge in [-0.2, -0.15) is 0 Å². The van der Waals surface area contributed by atoms with E-state index in [1.54, 1.807) is 31.2 Å². The van der Waals surface area contributed by atoms with Gasteiger partial charge in [0.2, 0.25) is 0 Å². The Bertz CT molecular complexity index is 783. The highest BCUT2D eigenvalue weighted by Gasteiger charge is 2.16. The van der Waals surface area contributed by atoms with Gasteiger partial charge in [0.05, 0.1) is 13.7 Å². The highest BCUT2D eigenvalue weighted by Crippen LogP contribution is 2.18. The minimum absolute atomic E-state index is 0.0457. The van der Waals surface area contributed by atoms with Gasteiger partial charge < -0.3 is 24.3 Å². The molecule has 1 aromatic heterocycles. The lowest BCUT2D eigenvalue weighted by molar-refractivity contribution is 0.0690. The van der Waals surface area contributed by atoms with E-state index in [9.17, 15) is 14.7 Å². The topological polar surface area (TPSA) is 98.0 Å². The molecular formula is C17H19NO6. The van der Waals surface area contributed by atoms with Crippen LogP contribution in [0.3, 0.4) is 0 Å². The number of hydrogen-bond donors (Lipinski definition) is 2. The fourth-order valence-electron chi connectivity index (χ4n) is 2.23. The molecule has 0 aliphatic heterocycles. The minimum atomic E-state index is -1.28. The SMILES string of the molecule is COc1cccc(OCC(O)Cn2ccc(C)c(C(=O)O)c2=O)c1. The third-order valence-electron chi connectivity index (χ3n) is 3.48. The van der Waals surface area contributed by atoms with Crippen molar-refractivity contribution in [2.75, 3.05) is 13.7 Å². The van der Waals surface area contributed by atoms with E-state index in [0.717, 1.165) is 4.57 Å². The number of aromatic carboxylic acids is 1. The van der Waals surface area contributed by atoms with E-state index in [1.807, 2.05) is 0 Å². The van der Waals surface area contributed by atoms with Gasteiger partial charge in [0.15, 0.2) is 0 Å². The molecule has 1 aromatic carbocycles. The van der Waals surface area contributed by atoms with Crippen molar-refractivity contribution < 1.29 is 24.5 Å². The first kappa shape index (κ1) is 17.6. The van der Waals surface area contributed by atoms with E-state index in [-0.39, 0.29) is 18.7 Å². The Morgan fingerprint density at radius 1 is 1.29 bits per heavy atom. The first-order chi connectivity index (χ1) is 11.4. The van der Waals surface area contributed by atoms with Gasteiger partial charge >= 0.3 is 5.97 Å². The smallest absolute Gasteiger partial charge is 0.341 e. The number of carboxylic acids is 1.